The van der Waals surface area contributed by atoms with E-state index in [9.17, 15) is 9.59 Å². The fraction of sp³-hybridized carbons (Fsp3) is 0.429. The molecule has 0 radical (unpaired) electrons. The number of hydrogen-bond acceptors (Lipinski definition) is 3. The lowest BCUT2D eigenvalue weighted by atomic mass is 10.1. The van der Waals surface area contributed by atoms with Crippen LogP contribution in [0.2, 0.25) is 0 Å². The van der Waals surface area contributed by atoms with E-state index in [0.29, 0.717) is 18.7 Å². The van der Waals surface area contributed by atoms with Gasteiger partial charge in [-0.15, -0.1) is 0 Å². The van der Waals surface area contributed by atoms with Gasteiger partial charge in [-0.05, 0) is 24.1 Å². The van der Waals surface area contributed by atoms with Crippen LogP contribution in [0.15, 0.2) is 18.2 Å². The molecule has 1 N–H and O–H groups in total. The van der Waals surface area contributed by atoms with Crippen LogP contribution in [-0.2, 0) is 16.1 Å². The van der Waals surface area contributed by atoms with Gasteiger partial charge in [0.15, 0.2) is 6.61 Å². The topological polar surface area (TPSA) is 58.6 Å². The lowest BCUT2D eigenvalue weighted by molar-refractivity contribution is -0.122. The van der Waals surface area contributed by atoms with Gasteiger partial charge in [0, 0.05) is 20.0 Å². The average Bonchev–Trinajstić information content (AvgIpc) is 2.41. The number of likely N-dealkylation sites (N-methyl/N-ethyl adjacent to an activating group) is 1. The SMILES string of the molecule is CCCC(=O)NCc1ccc2c(c1)N(C)C(=O)CO2. The molecule has 0 atom stereocenters. The highest BCUT2D eigenvalue weighted by atomic mass is 16.5. The standard InChI is InChI=1S/C14H18N2O3/c1-3-4-13(17)15-8-10-5-6-12-11(7-10)16(2)14(18)9-19-12/h5-7H,3-4,8-9H2,1-2H3,(H,15,17). The van der Waals surface area contributed by atoms with E-state index < -0.39 is 0 Å². The van der Waals surface area contributed by atoms with Crippen LogP contribution in [0, 0.1) is 0 Å². The average molecular weight is 262 g/mol. The fourth-order valence-electron chi connectivity index (χ4n) is 1.94. The van der Waals surface area contributed by atoms with Crippen molar-refractivity contribution in [3.63, 3.8) is 0 Å². The Balaban J connectivity index is 2.08. The van der Waals surface area contributed by atoms with Crippen molar-refractivity contribution in [3.8, 4) is 5.75 Å². The Labute approximate surface area is 112 Å². The van der Waals surface area contributed by atoms with Crippen LogP contribution in [0.3, 0.4) is 0 Å². The second-order valence-corrected chi connectivity index (χ2v) is 4.57. The normalized spacial score (nSPS) is 13.8. The summed E-state index contributed by atoms with van der Waals surface area (Å²) in [7, 11) is 1.73. The minimum absolute atomic E-state index is 0.0425. The summed E-state index contributed by atoms with van der Waals surface area (Å²) in [6.45, 7) is 2.51. The summed E-state index contributed by atoms with van der Waals surface area (Å²) in [5.74, 6) is 0.673. The van der Waals surface area contributed by atoms with Gasteiger partial charge in [0.25, 0.3) is 5.91 Å². The Morgan fingerprint density at radius 2 is 2.26 bits per heavy atom. The van der Waals surface area contributed by atoms with Gasteiger partial charge in [-0.25, -0.2) is 0 Å². The molecule has 0 unspecified atom stereocenters. The third-order valence-corrected chi connectivity index (χ3v) is 3.08. The van der Waals surface area contributed by atoms with Gasteiger partial charge < -0.3 is 15.0 Å². The number of benzene rings is 1. The number of nitrogens with one attached hydrogen (secondary N) is 1. The largest absolute Gasteiger partial charge is 0.482 e. The molecule has 2 rings (SSSR count). The number of amides is 2. The molecule has 5 heteroatoms. The van der Waals surface area contributed by atoms with Gasteiger partial charge >= 0.3 is 0 Å². The van der Waals surface area contributed by atoms with Gasteiger partial charge in [0.1, 0.15) is 5.75 Å². The molecular formula is C14H18N2O3. The molecule has 0 saturated heterocycles. The summed E-state index contributed by atoms with van der Waals surface area (Å²) in [6, 6.07) is 5.60. The van der Waals surface area contributed by atoms with Crippen molar-refractivity contribution in [3.05, 3.63) is 23.8 Å². The van der Waals surface area contributed by atoms with Crippen LogP contribution >= 0.6 is 0 Å². The minimum atomic E-state index is -0.0698. The molecule has 1 heterocycles. The van der Waals surface area contributed by atoms with Gasteiger partial charge in [0.2, 0.25) is 5.91 Å². The van der Waals surface area contributed by atoms with Crippen molar-refractivity contribution < 1.29 is 14.3 Å². The van der Waals surface area contributed by atoms with Gasteiger partial charge in [-0.1, -0.05) is 13.0 Å². The molecule has 19 heavy (non-hydrogen) atoms. The second kappa shape index (κ2) is 5.73. The maximum absolute atomic E-state index is 11.6. The number of rotatable bonds is 4. The zero-order valence-electron chi connectivity index (χ0n) is 11.2. The molecule has 1 aliphatic heterocycles. The third-order valence-electron chi connectivity index (χ3n) is 3.08. The van der Waals surface area contributed by atoms with Crippen molar-refractivity contribution >= 4 is 17.5 Å². The van der Waals surface area contributed by atoms with E-state index in [1.807, 2.05) is 25.1 Å². The van der Waals surface area contributed by atoms with E-state index in [0.717, 1.165) is 17.7 Å². The number of hydrogen-bond donors (Lipinski definition) is 1. The van der Waals surface area contributed by atoms with Crippen LogP contribution < -0.4 is 15.0 Å². The first-order valence-electron chi connectivity index (χ1n) is 6.40. The lowest BCUT2D eigenvalue weighted by Gasteiger charge is -2.26. The maximum Gasteiger partial charge on any atom is 0.264 e. The molecule has 1 aromatic rings. The van der Waals surface area contributed by atoms with E-state index in [-0.39, 0.29) is 18.4 Å². The van der Waals surface area contributed by atoms with Gasteiger partial charge in [-0.2, -0.15) is 0 Å². The molecule has 0 fully saturated rings. The summed E-state index contributed by atoms with van der Waals surface area (Å²) < 4.78 is 5.35. The van der Waals surface area contributed by atoms with Crippen LogP contribution in [0.25, 0.3) is 0 Å². The number of anilines is 1. The number of nitrogens with zero attached hydrogens (tertiary/aromatic N) is 1. The van der Waals surface area contributed by atoms with E-state index in [1.54, 1.807) is 11.9 Å². The predicted octanol–water partition coefficient (Wildman–Crippen LogP) is 1.46. The van der Waals surface area contributed by atoms with Crippen molar-refractivity contribution in [2.75, 3.05) is 18.6 Å². The van der Waals surface area contributed by atoms with Gasteiger partial charge in [-0.3, -0.25) is 9.59 Å². The summed E-state index contributed by atoms with van der Waals surface area (Å²) in [5.41, 5.74) is 1.70. The third kappa shape index (κ3) is 3.05. The second-order valence-electron chi connectivity index (χ2n) is 4.57. The molecule has 0 saturated carbocycles. The zero-order valence-corrected chi connectivity index (χ0v) is 11.2. The molecule has 0 aliphatic carbocycles. The molecule has 1 aromatic carbocycles. The summed E-state index contributed by atoms with van der Waals surface area (Å²) in [6.07, 6.45) is 1.37. The first kappa shape index (κ1) is 13.4. The van der Waals surface area contributed by atoms with Crippen LogP contribution in [-0.4, -0.2) is 25.5 Å². The predicted molar refractivity (Wildman–Crippen MR) is 72.1 cm³/mol. The molecular weight excluding hydrogens is 244 g/mol. The van der Waals surface area contributed by atoms with Crippen LogP contribution in [0.4, 0.5) is 5.69 Å². The molecule has 5 nitrogen and oxygen atoms in total. The Morgan fingerprint density at radius 3 is 3.00 bits per heavy atom. The molecule has 2 amide bonds. The smallest absolute Gasteiger partial charge is 0.264 e. The molecule has 0 spiro atoms. The number of carbonyl (C=O) groups excluding carboxylic acids is 2. The Bertz CT molecular complexity index is 499. The van der Waals surface area contributed by atoms with Crippen molar-refractivity contribution in [1.29, 1.82) is 0 Å². The van der Waals surface area contributed by atoms with E-state index in [1.165, 1.54) is 0 Å². The minimum Gasteiger partial charge on any atom is -0.482 e. The molecule has 1 aliphatic rings. The Hall–Kier alpha value is -2.04. The number of fused-ring (bicyclic) bond motifs is 1. The molecule has 0 bridgehead atoms. The monoisotopic (exact) mass is 262 g/mol. The maximum atomic E-state index is 11.6. The first-order valence-corrected chi connectivity index (χ1v) is 6.40. The summed E-state index contributed by atoms with van der Waals surface area (Å²) >= 11 is 0. The zero-order chi connectivity index (χ0) is 13.8. The highest BCUT2D eigenvalue weighted by molar-refractivity contribution is 5.97. The summed E-state index contributed by atoms with van der Waals surface area (Å²) in [5, 5.41) is 2.85. The highest BCUT2D eigenvalue weighted by Crippen LogP contribution is 2.31. The molecule has 0 aromatic heterocycles. The van der Waals surface area contributed by atoms with Crippen molar-refractivity contribution in [2.24, 2.45) is 0 Å². The first-order chi connectivity index (χ1) is 9.11. The fourth-order valence-corrected chi connectivity index (χ4v) is 1.94. The summed E-state index contributed by atoms with van der Waals surface area (Å²) in [4.78, 5) is 24.6. The van der Waals surface area contributed by atoms with E-state index in [2.05, 4.69) is 5.32 Å². The van der Waals surface area contributed by atoms with E-state index >= 15 is 0 Å². The quantitative estimate of drug-likeness (QED) is 0.893. The number of ether oxygens (including phenoxy) is 1. The molecule has 102 valence electrons. The van der Waals surface area contributed by atoms with E-state index in [4.69, 9.17) is 4.74 Å². The Morgan fingerprint density at radius 1 is 1.47 bits per heavy atom. The highest BCUT2D eigenvalue weighted by Gasteiger charge is 2.22. The van der Waals surface area contributed by atoms with Crippen molar-refractivity contribution in [1.82, 2.24) is 5.32 Å². The van der Waals surface area contributed by atoms with Crippen LogP contribution in [0.5, 0.6) is 5.75 Å². The van der Waals surface area contributed by atoms with Crippen LogP contribution in [0.1, 0.15) is 25.3 Å². The van der Waals surface area contributed by atoms with Gasteiger partial charge in [0.05, 0.1) is 5.69 Å². The lowest BCUT2D eigenvalue weighted by Crippen LogP contribution is -2.35. The number of carbonyl (C=O) groups is 2. The Kier molecular flexibility index (Phi) is 4.04. The van der Waals surface area contributed by atoms with Crippen molar-refractivity contribution in [2.45, 2.75) is 26.3 Å².